The molecular formula is C12H9BrO2S2. The van der Waals surface area contributed by atoms with Crippen LogP contribution in [0.15, 0.2) is 45.1 Å². The number of carboxylic acid groups (broad SMARTS) is 1. The summed E-state index contributed by atoms with van der Waals surface area (Å²) in [6, 6.07) is 9.85. The zero-order valence-electron chi connectivity index (χ0n) is 8.72. The van der Waals surface area contributed by atoms with Crippen molar-refractivity contribution in [1.29, 1.82) is 0 Å². The van der Waals surface area contributed by atoms with Gasteiger partial charge in [-0.2, -0.15) is 0 Å². The van der Waals surface area contributed by atoms with Crippen LogP contribution in [0.1, 0.15) is 15.2 Å². The molecule has 0 spiro atoms. The van der Waals surface area contributed by atoms with E-state index in [0.29, 0.717) is 4.88 Å². The second-order valence-corrected chi connectivity index (χ2v) is 6.24. The standard InChI is InChI=1S/C12H9BrO2S2/c13-9-3-1-8(2-4-9)6-16-10-5-11(12(14)15)17-7-10/h1-5,7H,6H2,(H,14,15). The summed E-state index contributed by atoms with van der Waals surface area (Å²) in [5, 5.41) is 10.7. The van der Waals surface area contributed by atoms with Crippen LogP contribution in [0.4, 0.5) is 0 Å². The Bertz CT molecular complexity index is 520. The number of benzene rings is 1. The lowest BCUT2D eigenvalue weighted by atomic mass is 10.2. The monoisotopic (exact) mass is 328 g/mol. The van der Waals surface area contributed by atoms with E-state index < -0.39 is 5.97 Å². The van der Waals surface area contributed by atoms with E-state index in [1.54, 1.807) is 17.8 Å². The number of carbonyl (C=O) groups is 1. The molecule has 0 fully saturated rings. The Kier molecular flexibility index (Phi) is 4.25. The Morgan fingerprint density at radius 2 is 2.06 bits per heavy atom. The molecule has 1 aromatic carbocycles. The quantitative estimate of drug-likeness (QED) is 0.839. The van der Waals surface area contributed by atoms with Crippen molar-refractivity contribution in [2.24, 2.45) is 0 Å². The largest absolute Gasteiger partial charge is 0.477 e. The van der Waals surface area contributed by atoms with E-state index in [9.17, 15) is 4.79 Å². The minimum absolute atomic E-state index is 0.392. The highest BCUT2D eigenvalue weighted by Crippen LogP contribution is 2.28. The van der Waals surface area contributed by atoms with Crippen LogP contribution in [0.25, 0.3) is 0 Å². The summed E-state index contributed by atoms with van der Waals surface area (Å²) in [5.41, 5.74) is 1.22. The van der Waals surface area contributed by atoms with E-state index in [2.05, 4.69) is 28.1 Å². The number of thioether (sulfide) groups is 1. The molecule has 0 radical (unpaired) electrons. The fraction of sp³-hybridized carbons (Fsp3) is 0.0833. The molecule has 17 heavy (non-hydrogen) atoms. The van der Waals surface area contributed by atoms with Crippen LogP contribution >= 0.6 is 39.0 Å². The molecule has 0 saturated carbocycles. The molecule has 2 rings (SSSR count). The first-order chi connectivity index (χ1) is 8.15. The molecule has 0 aliphatic rings. The number of hydrogen-bond acceptors (Lipinski definition) is 3. The number of rotatable bonds is 4. The number of hydrogen-bond donors (Lipinski definition) is 1. The molecule has 1 heterocycles. The maximum atomic E-state index is 10.7. The van der Waals surface area contributed by atoms with Crippen molar-refractivity contribution in [3.05, 3.63) is 50.6 Å². The van der Waals surface area contributed by atoms with Gasteiger partial charge in [0.1, 0.15) is 4.88 Å². The fourth-order valence-corrected chi connectivity index (χ4v) is 3.34. The second-order valence-electron chi connectivity index (χ2n) is 3.37. The molecule has 2 nitrogen and oxygen atoms in total. The van der Waals surface area contributed by atoms with Gasteiger partial charge in [-0.3, -0.25) is 0 Å². The SMILES string of the molecule is O=C(O)c1cc(SCc2ccc(Br)cc2)cs1. The Labute approximate surface area is 116 Å². The van der Waals surface area contributed by atoms with E-state index >= 15 is 0 Å². The van der Waals surface area contributed by atoms with E-state index in [1.807, 2.05) is 17.5 Å². The van der Waals surface area contributed by atoms with Gasteiger partial charge in [-0.15, -0.1) is 23.1 Å². The van der Waals surface area contributed by atoms with Crippen molar-refractivity contribution in [3.63, 3.8) is 0 Å². The summed E-state index contributed by atoms with van der Waals surface area (Å²) in [6.45, 7) is 0. The predicted octanol–water partition coefficient (Wildman–Crippen LogP) is 4.50. The number of carboxylic acids is 1. The van der Waals surface area contributed by atoms with Gasteiger partial charge >= 0.3 is 5.97 Å². The Morgan fingerprint density at radius 1 is 1.35 bits per heavy atom. The average molecular weight is 329 g/mol. The molecule has 0 unspecified atom stereocenters. The molecule has 1 aromatic heterocycles. The van der Waals surface area contributed by atoms with Crippen molar-refractivity contribution in [3.8, 4) is 0 Å². The topological polar surface area (TPSA) is 37.3 Å². The number of thiophene rings is 1. The number of halogens is 1. The summed E-state index contributed by atoms with van der Waals surface area (Å²) in [6.07, 6.45) is 0. The zero-order chi connectivity index (χ0) is 12.3. The van der Waals surface area contributed by atoms with Gasteiger partial charge in [0.05, 0.1) is 0 Å². The molecule has 5 heteroatoms. The van der Waals surface area contributed by atoms with Crippen molar-refractivity contribution >= 4 is 45.0 Å². The zero-order valence-corrected chi connectivity index (χ0v) is 11.9. The summed E-state index contributed by atoms with van der Waals surface area (Å²) in [4.78, 5) is 12.1. The maximum absolute atomic E-state index is 10.7. The van der Waals surface area contributed by atoms with Crippen LogP contribution in [0.2, 0.25) is 0 Å². The van der Waals surface area contributed by atoms with Gasteiger partial charge < -0.3 is 5.11 Å². The van der Waals surface area contributed by atoms with Crippen LogP contribution in [0.3, 0.4) is 0 Å². The van der Waals surface area contributed by atoms with Gasteiger partial charge in [0.2, 0.25) is 0 Å². The predicted molar refractivity (Wildman–Crippen MR) is 75.0 cm³/mol. The third kappa shape index (κ3) is 3.59. The Balaban J connectivity index is 1.97. The maximum Gasteiger partial charge on any atom is 0.345 e. The van der Waals surface area contributed by atoms with E-state index in [1.165, 1.54) is 16.9 Å². The van der Waals surface area contributed by atoms with Gasteiger partial charge in [0.25, 0.3) is 0 Å². The summed E-state index contributed by atoms with van der Waals surface area (Å²) in [5.74, 6) is -0.00576. The van der Waals surface area contributed by atoms with E-state index in [4.69, 9.17) is 5.11 Å². The van der Waals surface area contributed by atoms with Crippen LogP contribution < -0.4 is 0 Å². The lowest BCUT2D eigenvalue weighted by Gasteiger charge is -1.99. The lowest BCUT2D eigenvalue weighted by Crippen LogP contribution is -1.89. The smallest absolute Gasteiger partial charge is 0.345 e. The Morgan fingerprint density at radius 3 is 2.65 bits per heavy atom. The van der Waals surface area contributed by atoms with Gasteiger partial charge in [-0.05, 0) is 23.8 Å². The van der Waals surface area contributed by atoms with E-state index in [0.717, 1.165) is 15.1 Å². The summed E-state index contributed by atoms with van der Waals surface area (Å²) in [7, 11) is 0. The first-order valence-electron chi connectivity index (χ1n) is 4.84. The molecule has 88 valence electrons. The molecule has 0 saturated heterocycles. The second kappa shape index (κ2) is 5.71. The fourth-order valence-electron chi connectivity index (χ4n) is 1.25. The van der Waals surface area contributed by atoms with Crippen LogP contribution in [0.5, 0.6) is 0 Å². The number of aromatic carboxylic acids is 1. The van der Waals surface area contributed by atoms with E-state index in [-0.39, 0.29) is 0 Å². The molecule has 2 aromatic rings. The van der Waals surface area contributed by atoms with Gasteiger partial charge in [0.15, 0.2) is 0 Å². The van der Waals surface area contributed by atoms with Crippen molar-refractivity contribution in [2.45, 2.75) is 10.6 Å². The minimum atomic E-state index is -0.856. The van der Waals surface area contributed by atoms with Crippen molar-refractivity contribution < 1.29 is 9.90 Å². The summed E-state index contributed by atoms with van der Waals surface area (Å²) < 4.78 is 1.06. The Hall–Kier alpha value is -0.780. The highest BCUT2D eigenvalue weighted by atomic mass is 79.9. The van der Waals surface area contributed by atoms with Crippen LogP contribution in [-0.2, 0) is 5.75 Å². The van der Waals surface area contributed by atoms with Gasteiger partial charge in [0, 0.05) is 20.5 Å². The first-order valence-corrected chi connectivity index (χ1v) is 7.50. The summed E-state index contributed by atoms with van der Waals surface area (Å²) >= 11 is 6.31. The molecule has 0 amide bonds. The van der Waals surface area contributed by atoms with Crippen LogP contribution in [0, 0.1) is 0 Å². The molecule has 1 N–H and O–H groups in total. The first kappa shape index (κ1) is 12.7. The molecule has 0 atom stereocenters. The highest BCUT2D eigenvalue weighted by molar-refractivity contribution is 9.10. The van der Waals surface area contributed by atoms with Crippen molar-refractivity contribution in [1.82, 2.24) is 0 Å². The van der Waals surface area contributed by atoms with Crippen LogP contribution in [-0.4, -0.2) is 11.1 Å². The van der Waals surface area contributed by atoms with Gasteiger partial charge in [-0.25, -0.2) is 4.79 Å². The third-order valence-electron chi connectivity index (χ3n) is 2.10. The highest BCUT2D eigenvalue weighted by Gasteiger charge is 2.07. The lowest BCUT2D eigenvalue weighted by molar-refractivity contribution is 0.0702. The normalized spacial score (nSPS) is 10.4. The molecule has 0 bridgehead atoms. The third-order valence-corrected chi connectivity index (χ3v) is 4.75. The molecular weight excluding hydrogens is 320 g/mol. The molecule has 0 aliphatic carbocycles. The van der Waals surface area contributed by atoms with Crippen molar-refractivity contribution in [2.75, 3.05) is 0 Å². The molecule has 0 aliphatic heterocycles. The minimum Gasteiger partial charge on any atom is -0.477 e. The average Bonchev–Trinajstić information content (AvgIpc) is 2.77. The van der Waals surface area contributed by atoms with Gasteiger partial charge in [-0.1, -0.05) is 28.1 Å².